The highest BCUT2D eigenvalue weighted by molar-refractivity contribution is 7.17. The number of pyridine rings is 1. The molecule has 1 aliphatic rings. The van der Waals surface area contributed by atoms with E-state index < -0.39 is 11.2 Å². The molecule has 32 heavy (non-hydrogen) atoms. The van der Waals surface area contributed by atoms with Crippen LogP contribution < -0.4 is 0 Å². The van der Waals surface area contributed by atoms with Crippen molar-refractivity contribution in [3.63, 3.8) is 0 Å². The Hall–Kier alpha value is -4.11. The summed E-state index contributed by atoms with van der Waals surface area (Å²) in [6.07, 6.45) is -0.820. The number of nitro groups is 1. The molecule has 5 rings (SSSR count). The van der Waals surface area contributed by atoms with E-state index in [0.717, 1.165) is 39.1 Å². The molecule has 1 aliphatic heterocycles. The maximum Gasteiger partial charge on any atom is 0.324 e. The second kappa shape index (κ2) is 7.86. The number of aromatic nitrogens is 1. The first-order valence-electron chi connectivity index (χ1n) is 9.76. The van der Waals surface area contributed by atoms with Gasteiger partial charge in [0.2, 0.25) is 12.1 Å². The molecule has 0 radical (unpaired) electrons. The fourth-order valence-electron chi connectivity index (χ4n) is 3.57. The molecule has 0 saturated heterocycles. The summed E-state index contributed by atoms with van der Waals surface area (Å²) in [5.41, 5.74) is 3.17. The van der Waals surface area contributed by atoms with Gasteiger partial charge in [0.05, 0.1) is 21.0 Å². The lowest BCUT2D eigenvalue weighted by atomic mass is 10.0. The van der Waals surface area contributed by atoms with E-state index in [1.165, 1.54) is 18.0 Å². The first-order chi connectivity index (χ1) is 15.5. The number of ether oxygens (including phenoxy) is 1. The van der Waals surface area contributed by atoms with Crippen molar-refractivity contribution in [3.05, 3.63) is 93.4 Å². The molecule has 2 aromatic heterocycles. The molecule has 3 heterocycles. The van der Waals surface area contributed by atoms with Crippen molar-refractivity contribution in [1.29, 1.82) is 0 Å². The summed E-state index contributed by atoms with van der Waals surface area (Å²) < 4.78 is 6.11. The normalized spacial score (nSPS) is 15.5. The van der Waals surface area contributed by atoms with Crippen molar-refractivity contribution in [1.82, 2.24) is 9.99 Å². The van der Waals surface area contributed by atoms with Crippen molar-refractivity contribution in [2.45, 2.75) is 13.2 Å². The van der Waals surface area contributed by atoms with Gasteiger partial charge >= 0.3 is 5.00 Å². The zero-order valence-corrected chi connectivity index (χ0v) is 17.7. The van der Waals surface area contributed by atoms with Gasteiger partial charge in [0.15, 0.2) is 0 Å². The van der Waals surface area contributed by atoms with Crippen LogP contribution in [0, 0.1) is 10.1 Å². The number of nitrogens with zero attached hydrogens (tertiary/aromatic N) is 4. The van der Waals surface area contributed by atoms with Gasteiger partial charge in [-0.2, -0.15) is 5.01 Å². The lowest BCUT2D eigenvalue weighted by Crippen LogP contribution is -2.25. The fourth-order valence-corrected chi connectivity index (χ4v) is 4.32. The van der Waals surface area contributed by atoms with E-state index in [-0.39, 0.29) is 16.8 Å². The Bertz CT molecular complexity index is 1380. The maximum atomic E-state index is 12.4. The lowest BCUT2D eigenvalue weighted by molar-refractivity contribution is -0.380. The number of amides is 1. The Kier molecular flexibility index (Phi) is 4.87. The van der Waals surface area contributed by atoms with E-state index in [0.29, 0.717) is 4.88 Å². The van der Waals surface area contributed by atoms with E-state index in [1.54, 1.807) is 6.07 Å². The summed E-state index contributed by atoms with van der Waals surface area (Å²) in [7, 11) is 0. The molecule has 2 aromatic carbocycles. The van der Waals surface area contributed by atoms with Gasteiger partial charge in [-0.3, -0.25) is 14.9 Å². The molecule has 0 bridgehead atoms. The Morgan fingerprint density at radius 3 is 2.56 bits per heavy atom. The van der Waals surface area contributed by atoms with Gasteiger partial charge < -0.3 is 4.74 Å². The minimum atomic E-state index is -0.820. The largest absolute Gasteiger partial charge is 0.445 e. The zero-order chi connectivity index (χ0) is 22.2. The fraction of sp³-hybridized carbons (Fsp3) is 0.0870. The minimum Gasteiger partial charge on any atom is -0.445 e. The average Bonchev–Trinajstić information content (AvgIpc) is 3.47. The quantitative estimate of drug-likeness (QED) is 0.322. The molecule has 0 N–H and O–H groups in total. The van der Waals surface area contributed by atoms with Crippen molar-refractivity contribution in [2.24, 2.45) is 5.10 Å². The molecule has 4 aromatic rings. The molecule has 0 aliphatic carbocycles. The average molecular weight is 444 g/mol. The standard InChI is InChI=1S/C23H16N4O4S/c1-14(28)26-23(31-22(25-26)20-11-12-21(32-20)27(29)30)17-13-19(15-7-3-2-4-8-15)24-18-10-6-5-9-16(17)18/h2-13,23H,1H3/t23-/m1/s1. The Balaban J connectivity index is 1.62. The predicted octanol–water partition coefficient (Wildman–Crippen LogP) is 5.11. The van der Waals surface area contributed by atoms with Crippen LogP contribution in [0.1, 0.15) is 23.6 Å². The van der Waals surface area contributed by atoms with Gasteiger partial charge in [-0.25, -0.2) is 4.98 Å². The summed E-state index contributed by atoms with van der Waals surface area (Å²) in [5.74, 6) is -0.135. The molecule has 0 saturated carbocycles. The summed E-state index contributed by atoms with van der Waals surface area (Å²) in [6, 6.07) is 22.2. The third-order valence-electron chi connectivity index (χ3n) is 5.03. The summed E-state index contributed by atoms with van der Waals surface area (Å²) in [4.78, 5) is 28.3. The number of hydrogen-bond donors (Lipinski definition) is 0. The SMILES string of the molecule is CC(=O)N1N=C(c2ccc([N+](=O)[O-])s2)O[C@@H]1c1cc(-c2ccccc2)nc2ccccc12. The van der Waals surface area contributed by atoms with E-state index in [1.807, 2.05) is 60.7 Å². The number of fused-ring (bicyclic) bond motifs is 1. The van der Waals surface area contributed by atoms with Crippen LogP contribution in [0.5, 0.6) is 0 Å². The highest BCUT2D eigenvalue weighted by atomic mass is 32.1. The Labute approximate surface area is 186 Å². The Morgan fingerprint density at radius 1 is 1.09 bits per heavy atom. The summed E-state index contributed by atoms with van der Waals surface area (Å²) in [6.45, 7) is 1.40. The number of carbonyl (C=O) groups is 1. The van der Waals surface area contributed by atoms with Crippen molar-refractivity contribution >= 4 is 39.0 Å². The molecular formula is C23H16N4O4S. The molecule has 9 heteroatoms. The molecule has 0 spiro atoms. The number of carbonyl (C=O) groups excluding carboxylic acids is 1. The molecule has 0 unspecified atom stereocenters. The van der Waals surface area contributed by atoms with Crippen LogP contribution in [0.4, 0.5) is 5.00 Å². The van der Waals surface area contributed by atoms with Gasteiger partial charge in [0.25, 0.3) is 5.90 Å². The van der Waals surface area contributed by atoms with Crippen LogP contribution in [0.25, 0.3) is 22.2 Å². The van der Waals surface area contributed by atoms with Gasteiger partial charge in [0.1, 0.15) is 0 Å². The van der Waals surface area contributed by atoms with Crippen molar-refractivity contribution in [2.75, 3.05) is 0 Å². The predicted molar refractivity (Wildman–Crippen MR) is 121 cm³/mol. The van der Waals surface area contributed by atoms with E-state index >= 15 is 0 Å². The number of hydrazone groups is 1. The van der Waals surface area contributed by atoms with Gasteiger partial charge in [-0.1, -0.05) is 59.9 Å². The first-order valence-corrected chi connectivity index (χ1v) is 10.6. The number of hydrogen-bond acceptors (Lipinski definition) is 7. The van der Waals surface area contributed by atoms with Crippen LogP contribution in [-0.2, 0) is 9.53 Å². The molecule has 0 fully saturated rings. The van der Waals surface area contributed by atoms with Crippen LogP contribution in [0.2, 0.25) is 0 Å². The van der Waals surface area contributed by atoms with Crippen LogP contribution >= 0.6 is 11.3 Å². The summed E-state index contributed by atoms with van der Waals surface area (Å²) >= 11 is 0.948. The van der Waals surface area contributed by atoms with Gasteiger partial charge in [-0.05, 0) is 18.2 Å². The highest BCUT2D eigenvalue weighted by Gasteiger charge is 2.35. The molecule has 1 amide bonds. The van der Waals surface area contributed by atoms with Crippen molar-refractivity contribution in [3.8, 4) is 11.3 Å². The van der Waals surface area contributed by atoms with Gasteiger partial charge in [0, 0.05) is 29.5 Å². The topological polar surface area (TPSA) is 97.9 Å². The first kappa shape index (κ1) is 19.8. The molecular weight excluding hydrogens is 428 g/mol. The van der Waals surface area contributed by atoms with Crippen LogP contribution in [0.3, 0.4) is 0 Å². The molecule has 1 atom stereocenters. The van der Waals surface area contributed by atoms with Crippen LogP contribution in [0.15, 0.2) is 77.9 Å². The van der Waals surface area contributed by atoms with E-state index in [9.17, 15) is 14.9 Å². The van der Waals surface area contributed by atoms with Crippen LogP contribution in [-0.4, -0.2) is 26.7 Å². The van der Waals surface area contributed by atoms with Crippen molar-refractivity contribution < 1.29 is 14.5 Å². The number of rotatable bonds is 4. The highest BCUT2D eigenvalue weighted by Crippen LogP contribution is 2.37. The maximum absolute atomic E-state index is 12.4. The third kappa shape index (κ3) is 3.48. The molecule has 8 nitrogen and oxygen atoms in total. The second-order valence-electron chi connectivity index (χ2n) is 7.11. The third-order valence-corrected chi connectivity index (χ3v) is 6.06. The van der Waals surface area contributed by atoms with E-state index in [2.05, 4.69) is 5.10 Å². The monoisotopic (exact) mass is 444 g/mol. The van der Waals surface area contributed by atoms with E-state index in [4.69, 9.17) is 9.72 Å². The number of benzene rings is 2. The Morgan fingerprint density at radius 2 is 1.84 bits per heavy atom. The zero-order valence-electron chi connectivity index (χ0n) is 16.8. The molecule has 158 valence electrons. The summed E-state index contributed by atoms with van der Waals surface area (Å²) in [5, 5.41) is 17.5. The number of para-hydroxylation sites is 1. The van der Waals surface area contributed by atoms with Gasteiger partial charge in [-0.15, -0.1) is 5.10 Å². The lowest BCUT2D eigenvalue weighted by Gasteiger charge is -2.21. The number of thiophene rings is 1. The smallest absolute Gasteiger partial charge is 0.324 e. The minimum absolute atomic E-state index is 0.0233. The second-order valence-corrected chi connectivity index (χ2v) is 8.18.